The van der Waals surface area contributed by atoms with Crippen LogP contribution in [-0.2, 0) is 0 Å². The van der Waals surface area contributed by atoms with E-state index in [0.717, 1.165) is 38.2 Å². The van der Waals surface area contributed by atoms with Gasteiger partial charge in [0.05, 0.1) is 6.67 Å². The van der Waals surface area contributed by atoms with Crippen molar-refractivity contribution in [2.24, 2.45) is 10.9 Å². The molecule has 0 N–H and O–H groups in total. The number of carbonyl (C=O) groups is 1. The zero-order chi connectivity index (χ0) is 19.9. The Morgan fingerprint density at radius 1 is 1.32 bits per heavy atom. The number of hydrogen-bond acceptors (Lipinski definition) is 3. The number of anilines is 1. The molecule has 1 spiro atoms. The Morgan fingerprint density at radius 2 is 2.14 bits per heavy atom. The van der Waals surface area contributed by atoms with Gasteiger partial charge < -0.3 is 9.80 Å². The van der Waals surface area contributed by atoms with Crippen LogP contribution in [0.25, 0.3) is 0 Å². The minimum absolute atomic E-state index is 0.00812. The molecule has 2 amide bonds. The number of hydrogen-bond donors (Lipinski definition) is 0. The number of piperidine rings is 1. The maximum atomic E-state index is 14.0. The molecule has 1 aromatic rings. The van der Waals surface area contributed by atoms with E-state index in [9.17, 15) is 13.6 Å². The van der Waals surface area contributed by atoms with Crippen LogP contribution in [0.1, 0.15) is 33.1 Å². The lowest BCUT2D eigenvalue weighted by Crippen LogP contribution is -2.63. The predicted molar refractivity (Wildman–Crippen MR) is 106 cm³/mol. The molecule has 0 aliphatic carbocycles. The Bertz CT molecular complexity index is 785. The van der Waals surface area contributed by atoms with Gasteiger partial charge in [0.1, 0.15) is 17.2 Å². The van der Waals surface area contributed by atoms with Crippen molar-refractivity contribution in [1.82, 2.24) is 9.80 Å². The first-order chi connectivity index (χ1) is 13.5. The molecule has 28 heavy (non-hydrogen) atoms. The van der Waals surface area contributed by atoms with Crippen LogP contribution in [0.4, 0.5) is 19.3 Å². The summed E-state index contributed by atoms with van der Waals surface area (Å²) in [5.74, 6) is 0.373. The van der Waals surface area contributed by atoms with Gasteiger partial charge in [0, 0.05) is 37.3 Å². The molecule has 0 aromatic heterocycles. The molecule has 4 rings (SSSR count). The van der Waals surface area contributed by atoms with Gasteiger partial charge in [0.2, 0.25) is 0 Å². The summed E-state index contributed by atoms with van der Waals surface area (Å²) in [6.07, 6.45) is 2.25. The Kier molecular flexibility index (Phi) is 5.12. The van der Waals surface area contributed by atoms with Crippen molar-refractivity contribution in [2.45, 2.75) is 44.7 Å². The van der Waals surface area contributed by atoms with E-state index in [0.29, 0.717) is 18.8 Å². The molecule has 0 bridgehead atoms. The van der Waals surface area contributed by atoms with Crippen LogP contribution < -0.4 is 4.90 Å². The number of benzene rings is 1. The molecular weight excluding hydrogens is 362 g/mol. The molecule has 2 saturated heterocycles. The highest BCUT2D eigenvalue weighted by Crippen LogP contribution is 2.42. The third kappa shape index (κ3) is 3.09. The lowest BCUT2D eigenvalue weighted by molar-refractivity contribution is 0.133. The monoisotopic (exact) mass is 390 g/mol. The first-order valence-corrected chi connectivity index (χ1v) is 10.2. The summed E-state index contributed by atoms with van der Waals surface area (Å²) in [6, 6.07) is 6.11. The quantitative estimate of drug-likeness (QED) is 0.790. The number of aliphatic imine (C=N–C) groups is 1. The molecule has 7 heteroatoms. The Morgan fingerprint density at radius 3 is 2.79 bits per heavy atom. The van der Waals surface area contributed by atoms with Gasteiger partial charge in [-0.1, -0.05) is 13.0 Å². The number of carbonyl (C=O) groups excluding carboxylic acids is 1. The van der Waals surface area contributed by atoms with Crippen molar-refractivity contribution in [2.75, 3.05) is 37.8 Å². The third-order valence-corrected chi connectivity index (χ3v) is 6.58. The fourth-order valence-corrected chi connectivity index (χ4v) is 5.16. The average molecular weight is 390 g/mol. The summed E-state index contributed by atoms with van der Waals surface area (Å²) in [5, 5.41) is 0. The minimum Gasteiger partial charge on any atom is -0.358 e. The molecule has 1 unspecified atom stereocenters. The lowest BCUT2D eigenvalue weighted by Gasteiger charge is -2.49. The Balaban J connectivity index is 1.74. The van der Waals surface area contributed by atoms with E-state index in [1.54, 1.807) is 17.0 Å². The molecule has 0 saturated carbocycles. The highest BCUT2D eigenvalue weighted by molar-refractivity contribution is 6.16. The zero-order valence-electron chi connectivity index (χ0n) is 16.6. The number of amides is 2. The van der Waals surface area contributed by atoms with Crippen molar-refractivity contribution in [1.29, 1.82) is 0 Å². The summed E-state index contributed by atoms with van der Waals surface area (Å²) < 4.78 is 27.2. The van der Waals surface area contributed by atoms with Crippen molar-refractivity contribution in [3.8, 4) is 0 Å². The lowest BCUT2D eigenvalue weighted by atomic mass is 9.80. The second kappa shape index (κ2) is 7.43. The first kappa shape index (κ1) is 19.3. The second-order valence-corrected chi connectivity index (χ2v) is 8.25. The maximum absolute atomic E-state index is 14.0. The molecule has 5 nitrogen and oxygen atoms in total. The van der Waals surface area contributed by atoms with Gasteiger partial charge in [-0.15, -0.1) is 0 Å². The van der Waals surface area contributed by atoms with Crippen LogP contribution in [-0.4, -0.2) is 66.1 Å². The van der Waals surface area contributed by atoms with E-state index < -0.39 is 5.54 Å². The van der Waals surface area contributed by atoms with Gasteiger partial charge in [-0.2, -0.15) is 4.99 Å². The van der Waals surface area contributed by atoms with Gasteiger partial charge >= 0.3 is 6.03 Å². The molecule has 152 valence electrons. The van der Waals surface area contributed by atoms with Crippen molar-refractivity contribution >= 4 is 17.6 Å². The van der Waals surface area contributed by atoms with Gasteiger partial charge in [-0.25, -0.2) is 9.18 Å². The molecule has 2 fully saturated rings. The number of alkyl halides is 1. The maximum Gasteiger partial charge on any atom is 0.350 e. The molecular formula is C21H28F2N4O. The van der Waals surface area contributed by atoms with E-state index in [4.69, 9.17) is 0 Å². The molecule has 3 aliphatic heterocycles. The van der Waals surface area contributed by atoms with Crippen LogP contribution >= 0.6 is 0 Å². The standard InChI is InChI=1S/C21H28F2N4O/c1-3-25-10-8-21(12-15(25)2)19(26-9-7-16(13-22)14-26)24-20(28)27(21)18-6-4-5-17(23)11-18/h4-6,11,15-16H,3,7-10,12-14H2,1-2H3/t15-,16?,21+/m0/s1. The smallest absolute Gasteiger partial charge is 0.350 e. The van der Waals surface area contributed by atoms with Crippen LogP contribution in [0.2, 0.25) is 0 Å². The molecule has 3 atom stereocenters. The number of urea groups is 1. The molecule has 3 heterocycles. The molecule has 0 radical (unpaired) electrons. The van der Waals surface area contributed by atoms with Crippen LogP contribution in [0, 0.1) is 11.7 Å². The predicted octanol–water partition coefficient (Wildman–Crippen LogP) is 3.70. The fourth-order valence-electron chi connectivity index (χ4n) is 5.16. The number of halogens is 2. The van der Waals surface area contributed by atoms with Crippen LogP contribution in [0.5, 0.6) is 0 Å². The highest BCUT2D eigenvalue weighted by atomic mass is 19.1. The van der Waals surface area contributed by atoms with E-state index in [-0.39, 0.29) is 30.5 Å². The third-order valence-electron chi connectivity index (χ3n) is 6.58. The minimum atomic E-state index is -0.596. The number of likely N-dealkylation sites (tertiary alicyclic amines) is 2. The molecule has 1 aromatic carbocycles. The van der Waals surface area contributed by atoms with E-state index in [2.05, 4.69) is 28.6 Å². The van der Waals surface area contributed by atoms with E-state index in [1.165, 1.54) is 12.1 Å². The van der Waals surface area contributed by atoms with Crippen LogP contribution in [0.3, 0.4) is 0 Å². The van der Waals surface area contributed by atoms with Gasteiger partial charge in [0.25, 0.3) is 0 Å². The summed E-state index contributed by atoms with van der Waals surface area (Å²) in [7, 11) is 0. The summed E-state index contributed by atoms with van der Waals surface area (Å²) in [6.45, 7) is 7.06. The summed E-state index contributed by atoms with van der Waals surface area (Å²) in [4.78, 5) is 23.7. The van der Waals surface area contributed by atoms with E-state index >= 15 is 0 Å². The Hall–Kier alpha value is -2.02. The summed E-state index contributed by atoms with van der Waals surface area (Å²) >= 11 is 0. The largest absolute Gasteiger partial charge is 0.358 e. The van der Waals surface area contributed by atoms with Gasteiger partial charge in [0.15, 0.2) is 0 Å². The summed E-state index contributed by atoms with van der Waals surface area (Å²) in [5.41, 5.74) is -0.0524. The topological polar surface area (TPSA) is 39.1 Å². The van der Waals surface area contributed by atoms with Crippen molar-refractivity contribution in [3.63, 3.8) is 0 Å². The van der Waals surface area contributed by atoms with Gasteiger partial charge in [-0.05, 0) is 50.9 Å². The average Bonchev–Trinajstić information content (AvgIpc) is 3.24. The Labute approximate surface area is 165 Å². The van der Waals surface area contributed by atoms with Crippen LogP contribution in [0.15, 0.2) is 29.3 Å². The second-order valence-electron chi connectivity index (χ2n) is 8.25. The number of rotatable bonds is 3. The van der Waals surface area contributed by atoms with Crippen molar-refractivity contribution < 1.29 is 13.6 Å². The first-order valence-electron chi connectivity index (χ1n) is 10.2. The zero-order valence-corrected chi connectivity index (χ0v) is 16.6. The highest BCUT2D eigenvalue weighted by Gasteiger charge is 2.55. The SMILES string of the molecule is CCN1CC[C@@]2(C[C@@H]1C)C(N1CCC(CF)C1)=NC(=O)N2c1cccc(F)c1. The normalized spacial score (nSPS) is 31.1. The van der Waals surface area contributed by atoms with E-state index in [1.807, 2.05) is 0 Å². The number of nitrogens with zero attached hydrogens (tertiary/aromatic N) is 4. The van der Waals surface area contributed by atoms with Gasteiger partial charge in [-0.3, -0.25) is 9.29 Å². The molecule has 3 aliphatic rings. The fraction of sp³-hybridized carbons (Fsp3) is 0.619. The van der Waals surface area contributed by atoms with Crippen molar-refractivity contribution in [3.05, 3.63) is 30.1 Å². The number of amidine groups is 1.